The van der Waals surface area contributed by atoms with E-state index in [1.807, 2.05) is 12.3 Å². The molecule has 3 heteroatoms. The summed E-state index contributed by atoms with van der Waals surface area (Å²) in [6.07, 6.45) is 4.09. The van der Waals surface area contributed by atoms with Crippen LogP contribution in [0.4, 0.5) is 0 Å². The maximum Gasteiger partial charge on any atom is 0.0422 e. The van der Waals surface area contributed by atoms with E-state index in [1.165, 1.54) is 28.8 Å². The van der Waals surface area contributed by atoms with Crippen molar-refractivity contribution in [1.82, 2.24) is 15.2 Å². The number of hydrogen-bond acceptors (Lipinski definition) is 3. The molecule has 1 aromatic heterocycles. The molecule has 0 spiro atoms. The number of nitrogens with one attached hydrogen (secondary N) is 1. The molecule has 2 heterocycles. The van der Waals surface area contributed by atoms with Crippen LogP contribution >= 0.6 is 0 Å². The molecule has 1 N–H and O–H groups in total. The third kappa shape index (κ3) is 4.18. The highest BCUT2D eigenvalue weighted by atomic mass is 15.2. The predicted molar refractivity (Wildman–Crippen MR) is 95.7 cm³/mol. The highest BCUT2D eigenvalue weighted by Gasteiger charge is 2.23. The van der Waals surface area contributed by atoms with Crippen LogP contribution in [0.15, 0.2) is 42.6 Å². The smallest absolute Gasteiger partial charge is 0.0422 e. The first-order valence-electron chi connectivity index (χ1n) is 8.66. The first-order chi connectivity index (χ1) is 11.2. The van der Waals surface area contributed by atoms with Gasteiger partial charge in [0.2, 0.25) is 0 Å². The number of aromatic nitrogens is 1. The van der Waals surface area contributed by atoms with Crippen molar-refractivity contribution in [2.75, 3.05) is 26.2 Å². The Morgan fingerprint density at radius 2 is 2.04 bits per heavy atom. The lowest BCUT2D eigenvalue weighted by molar-refractivity contribution is 0.207. The Bertz CT molecular complexity index is 616. The Morgan fingerprint density at radius 1 is 1.13 bits per heavy atom. The molecular weight excluding hydrogens is 282 g/mol. The van der Waals surface area contributed by atoms with E-state index in [4.69, 9.17) is 0 Å². The number of aryl methyl sites for hydroxylation is 2. The first kappa shape index (κ1) is 16.2. The van der Waals surface area contributed by atoms with Gasteiger partial charge in [0.15, 0.2) is 0 Å². The maximum absolute atomic E-state index is 4.57. The molecule has 1 aliphatic heterocycles. The lowest BCUT2D eigenvalue weighted by Gasteiger charge is -2.32. The Labute approximate surface area is 139 Å². The fourth-order valence-corrected chi connectivity index (χ4v) is 3.45. The third-order valence-corrected chi connectivity index (χ3v) is 4.74. The molecule has 3 rings (SSSR count). The lowest BCUT2D eigenvalue weighted by Crippen LogP contribution is -2.34. The van der Waals surface area contributed by atoms with Crippen molar-refractivity contribution < 1.29 is 0 Å². The fourth-order valence-electron chi connectivity index (χ4n) is 3.45. The quantitative estimate of drug-likeness (QED) is 0.939. The largest absolute Gasteiger partial charge is 0.315 e. The van der Waals surface area contributed by atoms with E-state index in [2.05, 4.69) is 59.4 Å². The van der Waals surface area contributed by atoms with E-state index < -0.39 is 0 Å². The molecule has 0 bridgehead atoms. The van der Waals surface area contributed by atoms with E-state index in [9.17, 15) is 0 Å². The van der Waals surface area contributed by atoms with Crippen LogP contribution in [0.3, 0.4) is 0 Å². The van der Waals surface area contributed by atoms with Gasteiger partial charge in [-0.15, -0.1) is 0 Å². The molecule has 1 atom stereocenters. The van der Waals surface area contributed by atoms with Gasteiger partial charge in [0, 0.05) is 44.0 Å². The van der Waals surface area contributed by atoms with Gasteiger partial charge < -0.3 is 5.32 Å². The minimum atomic E-state index is 0.407. The normalized spacial score (nSPS) is 17.7. The summed E-state index contributed by atoms with van der Waals surface area (Å²) < 4.78 is 0. The first-order valence-corrected chi connectivity index (χ1v) is 8.66. The second-order valence-corrected chi connectivity index (χ2v) is 6.54. The van der Waals surface area contributed by atoms with E-state index >= 15 is 0 Å². The zero-order valence-electron chi connectivity index (χ0n) is 14.3. The van der Waals surface area contributed by atoms with Crippen molar-refractivity contribution in [2.24, 2.45) is 0 Å². The summed E-state index contributed by atoms with van der Waals surface area (Å²) in [4.78, 5) is 7.21. The van der Waals surface area contributed by atoms with Gasteiger partial charge in [0.25, 0.3) is 0 Å². The monoisotopic (exact) mass is 309 g/mol. The minimum Gasteiger partial charge on any atom is -0.315 e. The highest BCUT2D eigenvalue weighted by Crippen LogP contribution is 2.28. The summed E-state index contributed by atoms with van der Waals surface area (Å²) in [6.45, 7) is 8.87. The van der Waals surface area contributed by atoms with Gasteiger partial charge in [0.05, 0.1) is 0 Å². The minimum absolute atomic E-state index is 0.407. The third-order valence-electron chi connectivity index (χ3n) is 4.74. The molecule has 3 nitrogen and oxygen atoms in total. The Kier molecular flexibility index (Phi) is 5.42. The maximum atomic E-state index is 4.57. The molecule has 1 aliphatic rings. The number of hydrogen-bond donors (Lipinski definition) is 1. The number of benzene rings is 1. The summed E-state index contributed by atoms with van der Waals surface area (Å²) in [5.74, 6) is 0. The molecule has 0 saturated carbocycles. The molecule has 122 valence electrons. The molecule has 1 saturated heterocycles. The second kappa shape index (κ2) is 7.71. The van der Waals surface area contributed by atoms with Crippen LogP contribution in [0.25, 0.3) is 0 Å². The SMILES string of the molecule is Cc1ccc(C)c(C(Cc2ccccn2)N2CCCNCC2)c1. The molecular formula is C20H27N3. The van der Waals surface area contributed by atoms with Gasteiger partial charge in [-0.2, -0.15) is 0 Å². The summed E-state index contributed by atoms with van der Waals surface area (Å²) in [5.41, 5.74) is 5.35. The van der Waals surface area contributed by atoms with Crippen LogP contribution in [-0.2, 0) is 6.42 Å². The summed E-state index contributed by atoms with van der Waals surface area (Å²) in [6, 6.07) is 13.5. The molecule has 0 amide bonds. The van der Waals surface area contributed by atoms with Gasteiger partial charge in [-0.05, 0) is 50.1 Å². The standard InChI is InChI=1S/C20H27N3/c1-16-7-8-17(2)19(14-16)20(15-18-6-3-4-10-22-18)23-12-5-9-21-11-13-23/h3-4,6-8,10,14,20-21H,5,9,11-13,15H2,1-2H3. The van der Waals surface area contributed by atoms with Crippen LogP contribution in [0.1, 0.15) is 34.8 Å². The molecule has 2 aromatic rings. The van der Waals surface area contributed by atoms with Crippen molar-refractivity contribution in [2.45, 2.75) is 32.7 Å². The zero-order valence-corrected chi connectivity index (χ0v) is 14.3. The van der Waals surface area contributed by atoms with Gasteiger partial charge in [-0.1, -0.05) is 29.8 Å². The number of pyridine rings is 1. The predicted octanol–water partition coefficient (Wildman–Crippen LogP) is 3.28. The fraction of sp³-hybridized carbons (Fsp3) is 0.450. The van der Waals surface area contributed by atoms with Crippen LogP contribution in [0.5, 0.6) is 0 Å². The van der Waals surface area contributed by atoms with Crippen LogP contribution in [0, 0.1) is 13.8 Å². The summed E-state index contributed by atoms with van der Waals surface area (Å²) >= 11 is 0. The zero-order chi connectivity index (χ0) is 16.1. The Balaban J connectivity index is 1.93. The van der Waals surface area contributed by atoms with Gasteiger partial charge in [-0.3, -0.25) is 9.88 Å². The van der Waals surface area contributed by atoms with E-state index in [0.29, 0.717) is 6.04 Å². The van der Waals surface area contributed by atoms with Crippen LogP contribution < -0.4 is 5.32 Å². The van der Waals surface area contributed by atoms with E-state index in [1.54, 1.807) is 0 Å². The molecule has 23 heavy (non-hydrogen) atoms. The topological polar surface area (TPSA) is 28.2 Å². The number of nitrogens with zero attached hydrogens (tertiary/aromatic N) is 2. The Morgan fingerprint density at radius 3 is 2.87 bits per heavy atom. The molecule has 1 unspecified atom stereocenters. The van der Waals surface area contributed by atoms with Crippen LogP contribution in [0.2, 0.25) is 0 Å². The average molecular weight is 309 g/mol. The van der Waals surface area contributed by atoms with Crippen molar-refractivity contribution in [3.63, 3.8) is 0 Å². The lowest BCUT2D eigenvalue weighted by atomic mass is 9.94. The number of rotatable bonds is 4. The van der Waals surface area contributed by atoms with E-state index in [-0.39, 0.29) is 0 Å². The van der Waals surface area contributed by atoms with Crippen molar-refractivity contribution in [3.05, 3.63) is 65.0 Å². The van der Waals surface area contributed by atoms with E-state index in [0.717, 1.165) is 32.6 Å². The molecule has 0 aliphatic carbocycles. The average Bonchev–Trinajstić information content (AvgIpc) is 2.85. The van der Waals surface area contributed by atoms with Crippen molar-refractivity contribution in [3.8, 4) is 0 Å². The molecule has 1 fully saturated rings. The second-order valence-electron chi connectivity index (χ2n) is 6.54. The summed E-state index contributed by atoms with van der Waals surface area (Å²) in [5, 5.41) is 3.52. The molecule has 1 aromatic carbocycles. The highest BCUT2D eigenvalue weighted by molar-refractivity contribution is 5.34. The Hall–Kier alpha value is -1.71. The van der Waals surface area contributed by atoms with Gasteiger partial charge in [-0.25, -0.2) is 0 Å². The van der Waals surface area contributed by atoms with Gasteiger partial charge >= 0.3 is 0 Å². The van der Waals surface area contributed by atoms with Crippen molar-refractivity contribution in [1.29, 1.82) is 0 Å². The van der Waals surface area contributed by atoms with Gasteiger partial charge in [0.1, 0.15) is 0 Å². The summed E-state index contributed by atoms with van der Waals surface area (Å²) in [7, 11) is 0. The van der Waals surface area contributed by atoms with Crippen LogP contribution in [-0.4, -0.2) is 36.1 Å². The van der Waals surface area contributed by atoms with Crippen molar-refractivity contribution >= 4 is 0 Å². The molecule has 0 radical (unpaired) electrons.